The minimum atomic E-state index is -4.00. The number of halogens is 2. The van der Waals surface area contributed by atoms with Gasteiger partial charge in [-0.2, -0.15) is 0 Å². The van der Waals surface area contributed by atoms with Crippen LogP contribution in [0.25, 0.3) is 22.5 Å². The fraction of sp³-hybridized carbons (Fsp3) is 0.154. The Hall–Kier alpha value is -4.16. The van der Waals surface area contributed by atoms with Crippen molar-refractivity contribution in [1.82, 2.24) is 30.1 Å². The zero-order chi connectivity index (χ0) is 32.2. The van der Waals surface area contributed by atoms with Crippen LogP contribution < -0.4 is 10.6 Å². The van der Waals surface area contributed by atoms with Crippen molar-refractivity contribution in [3.63, 3.8) is 0 Å². The first-order chi connectivity index (χ1) is 21.3. The van der Waals surface area contributed by atoms with E-state index in [0.29, 0.717) is 21.4 Å². The monoisotopic (exact) mass is 708 g/mol. The summed E-state index contributed by atoms with van der Waals surface area (Å²) < 4.78 is 50.5. The molecule has 3 aromatic heterocycles. The molecule has 19 heteroatoms. The van der Waals surface area contributed by atoms with E-state index in [2.05, 4.69) is 40.8 Å². The largest absolute Gasteiger partial charge is 0.324 e. The molecule has 5 aromatic rings. The molecule has 0 saturated heterocycles. The van der Waals surface area contributed by atoms with Gasteiger partial charge in [0.1, 0.15) is 33.0 Å². The Balaban J connectivity index is 1.11. The van der Waals surface area contributed by atoms with Crippen LogP contribution in [0.5, 0.6) is 0 Å². The van der Waals surface area contributed by atoms with E-state index in [4.69, 9.17) is 23.2 Å². The number of hydrogen-bond donors (Lipinski definition) is 4. The molecule has 0 aliphatic heterocycles. The minimum absolute atomic E-state index is 0.00853. The molecule has 0 bridgehead atoms. The lowest BCUT2D eigenvalue weighted by Crippen LogP contribution is -2.24. The number of imidazole rings is 2. The molecule has 0 unspecified atom stereocenters. The summed E-state index contributed by atoms with van der Waals surface area (Å²) in [5.74, 6) is -4.57. The predicted molar refractivity (Wildman–Crippen MR) is 170 cm³/mol. The van der Waals surface area contributed by atoms with Gasteiger partial charge >= 0.3 is 0 Å². The van der Waals surface area contributed by atoms with Crippen molar-refractivity contribution < 1.29 is 26.4 Å². The van der Waals surface area contributed by atoms with Crippen molar-refractivity contribution in [3.8, 4) is 22.5 Å². The maximum atomic E-state index is 12.6. The number of aromatic nitrogens is 6. The Bertz CT molecular complexity index is 1910. The number of carbonyl (C=O) groups is 2. The fourth-order valence-corrected chi connectivity index (χ4v) is 8.19. The zero-order valence-corrected chi connectivity index (χ0v) is 26.8. The molecule has 14 nitrogen and oxygen atoms in total. The molecule has 0 radical (unpaired) electrons. The van der Waals surface area contributed by atoms with Crippen LogP contribution in [0.15, 0.2) is 60.9 Å². The molecule has 0 saturated carbocycles. The molecule has 0 aliphatic rings. The van der Waals surface area contributed by atoms with Gasteiger partial charge in [-0.05, 0) is 35.4 Å². The van der Waals surface area contributed by atoms with Crippen LogP contribution in [0.1, 0.15) is 10.0 Å². The quantitative estimate of drug-likeness (QED) is 0.148. The van der Waals surface area contributed by atoms with Gasteiger partial charge < -0.3 is 9.97 Å². The number of nitrogens with one attached hydrogen (secondary N) is 4. The lowest BCUT2D eigenvalue weighted by molar-refractivity contribution is -0.114. The number of carbonyl (C=O) groups excluding carboxylic acids is 2. The van der Waals surface area contributed by atoms with Crippen LogP contribution >= 0.6 is 34.5 Å². The van der Waals surface area contributed by atoms with E-state index in [1.54, 1.807) is 48.5 Å². The molecule has 0 spiro atoms. The topological polar surface area (TPSA) is 210 Å². The standard InChI is InChI=1S/C26H22Cl2N8O6S3/c27-17-5-1-15(2-6-17)19-9-29-25(31-19)33-21(37)11-44(39,40)13-23-35-36-24(43-23)14-45(41,42)12-22(38)34-26-30-10-20(32-26)16-3-7-18(28)8-4-16/h1-10H,11-14H2,(H2,29,31,33,37)(H2,30,32,34,38). The SMILES string of the molecule is O=C(CS(=O)(=O)Cc1nnc(CS(=O)(=O)CC(=O)Nc2ncc(-c3ccc(Cl)cc3)[nH]2)s1)Nc1ncc(-c2ccc(Cl)cc2)[nH]1. The van der Waals surface area contributed by atoms with Crippen LogP contribution in [0.4, 0.5) is 11.9 Å². The highest BCUT2D eigenvalue weighted by Gasteiger charge is 2.24. The number of anilines is 2. The number of H-pyrrole nitrogens is 2. The number of sulfone groups is 2. The van der Waals surface area contributed by atoms with Gasteiger partial charge in [0.2, 0.25) is 23.7 Å². The molecular weight excluding hydrogens is 687 g/mol. The molecule has 2 amide bonds. The summed E-state index contributed by atoms with van der Waals surface area (Å²) in [6.07, 6.45) is 2.95. The van der Waals surface area contributed by atoms with Gasteiger partial charge in [-0.3, -0.25) is 20.2 Å². The van der Waals surface area contributed by atoms with Crippen LogP contribution in [-0.4, -0.2) is 70.3 Å². The van der Waals surface area contributed by atoms with Crippen molar-refractivity contribution >= 4 is 77.9 Å². The lowest BCUT2D eigenvalue weighted by atomic mass is 10.2. The number of aromatic amines is 2. The van der Waals surface area contributed by atoms with Gasteiger partial charge in [-0.25, -0.2) is 26.8 Å². The molecule has 0 aliphatic carbocycles. The maximum Gasteiger partial charge on any atom is 0.241 e. The van der Waals surface area contributed by atoms with Crippen LogP contribution in [0.3, 0.4) is 0 Å². The summed E-state index contributed by atoms with van der Waals surface area (Å²) in [7, 11) is -8.00. The lowest BCUT2D eigenvalue weighted by Gasteiger charge is -2.03. The number of nitrogens with zero attached hydrogens (tertiary/aromatic N) is 4. The highest BCUT2D eigenvalue weighted by Crippen LogP contribution is 2.22. The van der Waals surface area contributed by atoms with Crippen molar-refractivity contribution in [2.24, 2.45) is 0 Å². The van der Waals surface area contributed by atoms with Gasteiger partial charge in [0.15, 0.2) is 19.7 Å². The van der Waals surface area contributed by atoms with E-state index >= 15 is 0 Å². The van der Waals surface area contributed by atoms with Gasteiger partial charge in [0.25, 0.3) is 0 Å². The van der Waals surface area contributed by atoms with E-state index in [0.717, 1.165) is 22.5 Å². The summed E-state index contributed by atoms with van der Waals surface area (Å²) in [5, 5.41) is 13.4. The van der Waals surface area contributed by atoms with Gasteiger partial charge in [0, 0.05) is 10.0 Å². The molecule has 0 fully saturated rings. The Kier molecular flexibility index (Phi) is 9.64. The molecule has 0 atom stereocenters. The van der Waals surface area contributed by atoms with Crippen LogP contribution in [-0.2, 0) is 40.8 Å². The third-order valence-electron chi connectivity index (χ3n) is 5.88. The zero-order valence-electron chi connectivity index (χ0n) is 22.8. The third kappa shape index (κ3) is 9.18. The predicted octanol–water partition coefficient (Wildman–Crippen LogP) is 3.73. The molecule has 3 heterocycles. The average molecular weight is 710 g/mol. The van der Waals surface area contributed by atoms with Crippen molar-refractivity contribution in [3.05, 3.63) is 81.0 Å². The van der Waals surface area contributed by atoms with E-state index in [9.17, 15) is 26.4 Å². The highest BCUT2D eigenvalue weighted by atomic mass is 35.5. The Labute approximate surface area is 270 Å². The summed E-state index contributed by atoms with van der Waals surface area (Å²) in [6.45, 7) is 0. The van der Waals surface area contributed by atoms with Gasteiger partial charge in [0.05, 0.1) is 23.8 Å². The number of rotatable bonds is 12. The second-order valence-electron chi connectivity index (χ2n) is 9.56. The van der Waals surface area contributed by atoms with Gasteiger partial charge in [-0.1, -0.05) is 58.8 Å². The summed E-state index contributed by atoms with van der Waals surface area (Å²) in [4.78, 5) is 38.6. The van der Waals surface area contributed by atoms with Crippen molar-refractivity contribution in [2.75, 3.05) is 22.1 Å². The molecular formula is C26H22Cl2N8O6S3. The summed E-state index contributed by atoms with van der Waals surface area (Å²) in [5.41, 5.74) is 2.69. The molecule has 45 heavy (non-hydrogen) atoms. The minimum Gasteiger partial charge on any atom is -0.324 e. The molecule has 2 aromatic carbocycles. The molecule has 234 valence electrons. The van der Waals surface area contributed by atoms with Crippen molar-refractivity contribution in [1.29, 1.82) is 0 Å². The normalized spacial score (nSPS) is 11.8. The van der Waals surface area contributed by atoms with E-state index < -0.39 is 54.5 Å². The Morgan fingerprint density at radius 2 is 1.04 bits per heavy atom. The van der Waals surface area contributed by atoms with E-state index in [1.807, 2.05) is 0 Å². The summed E-state index contributed by atoms with van der Waals surface area (Å²) >= 11 is 12.5. The van der Waals surface area contributed by atoms with Gasteiger partial charge in [-0.15, -0.1) is 10.2 Å². The first-order valence-corrected chi connectivity index (χ1v) is 18.0. The van der Waals surface area contributed by atoms with Crippen LogP contribution in [0.2, 0.25) is 10.0 Å². The number of amides is 2. The van der Waals surface area contributed by atoms with Crippen molar-refractivity contribution in [2.45, 2.75) is 11.5 Å². The third-order valence-corrected chi connectivity index (χ3v) is 10.5. The smallest absolute Gasteiger partial charge is 0.241 e. The first-order valence-electron chi connectivity index (χ1n) is 12.8. The Morgan fingerprint density at radius 1 is 0.667 bits per heavy atom. The second-order valence-corrected chi connectivity index (χ2v) is 15.7. The summed E-state index contributed by atoms with van der Waals surface area (Å²) in [6, 6.07) is 13.8. The Morgan fingerprint density at radius 3 is 1.42 bits per heavy atom. The molecule has 4 N–H and O–H groups in total. The average Bonchev–Trinajstić information content (AvgIpc) is 3.70. The van der Waals surface area contributed by atoms with Crippen LogP contribution in [0, 0.1) is 0 Å². The van der Waals surface area contributed by atoms with E-state index in [-0.39, 0.29) is 21.9 Å². The maximum absolute atomic E-state index is 12.6. The number of hydrogen-bond acceptors (Lipinski definition) is 11. The number of benzene rings is 2. The second kappa shape index (κ2) is 13.5. The van der Waals surface area contributed by atoms with E-state index in [1.165, 1.54) is 12.4 Å². The highest BCUT2D eigenvalue weighted by molar-refractivity contribution is 7.91. The first kappa shape index (κ1) is 32.2. The fourth-order valence-electron chi connectivity index (χ4n) is 3.94. The molecule has 5 rings (SSSR count).